The van der Waals surface area contributed by atoms with Crippen LogP contribution in [0.4, 0.5) is 5.69 Å². The van der Waals surface area contributed by atoms with Crippen molar-refractivity contribution in [3.63, 3.8) is 0 Å². The Morgan fingerprint density at radius 1 is 1.40 bits per heavy atom. The first-order valence-corrected chi connectivity index (χ1v) is 7.55. The highest BCUT2D eigenvalue weighted by Crippen LogP contribution is 2.28. The lowest BCUT2D eigenvalue weighted by Crippen LogP contribution is -2.29. The van der Waals surface area contributed by atoms with Crippen molar-refractivity contribution in [1.29, 1.82) is 0 Å². The smallest absolute Gasteiger partial charge is 0.367 e. The first kappa shape index (κ1) is 13.1. The van der Waals surface area contributed by atoms with E-state index in [4.69, 9.17) is 4.74 Å². The molecule has 0 unspecified atom stereocenters. The lowest BCUT2D eigenvalue weighted by atomic mass is 10.1. The minimum Gasteiger partial charge on any atom is -0.461 e. The SMILES string of the molecule is CCOC(=O)c1nc2c(s1)CN(c1ccccc1)CC2. The molecule has 1 aromatic heterocycles. The molecule has 0 fully saturated rings. The van der Waals surface area contributed by atoms with Gasteiger partial charge in [0.15, 0.2) is 0 Å². The van der Waals surface area contributed by atoms with E-state index in [2.05, 4.69) is 22.0 Å². The molecule has 3 rings (SSSR count). The van der Waals surface area contributed by atoms with Crippen molar-refractivity contribution >= 4 is 23.0 Å². The number of thiazole rings is 1. The van der Waals surface area contributed by atoms with Crippen LogP contribution in [0.15, 0.2) is 30.3 Å². The molecule has 2 heterocycles. The lowest BCUT2D eigenvalue weighted by molar-refractivity contribution is 0.0525. The zero-order chi connectivity index (χ0) is 13.9. The largest absolute Gasteiger partial charge is 0.461 e. The molecule has 1 aliphatic rings. The highest BCUT2D eigenvalue weighted by atomic mass is 32.1. The molecule has 4 nitrogen and oxygen atoms in total. The van der Waals surface area contributed by atoms with E-state index < -0.39 is 0 Å². The minimum atomic E-state index is -0.307. The van der Waals surface area contributed by atoms with Crippen LogP contribution in [0.3, 0.4) is 0 Å². The number of fused-ring (bicyclic) bond motifs is 1. The summed E-state index contributed by atoms with van der Waals surface area (Å²) in [4.78, 5) is 19.6. The number of esters is 1. The van der Waals surface area contributed by atoms with E-state index in [-0.39, 0.29) is 5.97 Å². The minimum absolute atomic E-state index is 0.307. The third kappa shape index (κ3) is 2.54. The Balaban J connectivity index is 1.80. The number of ether oxygens (including phenoxy) is 1. The third-order valence-electron chi connectivity index (χ3n) is 3.30. The molecule has 1 aromatic carbocycles. The van der Waals surface area contributed by atoms with Gasteiger partial charge in [0.05, 0.1) is 18.8 Å². The summed E-state index contributed by atoms with van der Waals surface area (Å²) in [5, 5.41) is 0.478. The molecule has 0 atom stereocenters. The van der Waals surface area contributed by atoms with E-state index in [1.54, 1.807) is 0 Å². The van der Waals surface area contributed by atoms with Crippen LogP contribution in [0.2, 0.25) is 0 Å². The van der Waals surface area contributed by atoms with Gasteiger partial charge in [-0.2, -0.15) is 0 Å². The quantitative estimate of drug-likeness (QED) is 0.815. The Labute approximate surface area is 122 Å². The fourth-order valence-corrected chi connectivity index (χ4v) is 3.35. The molecule has 0 amide bonds. The number of benzene rings is 1. The first-order chi connectivity index (χ1) is 9.78. The maximum atomic E-state index is 11.7. The predicted octanol–water partition coefficient (Wildman–Crippen LogP) is 2.88. The molecule has 0 N–H and O–H groups in total. The van der Waals surface area contributed by atoms with Crippen molar-refractivity contribution in [1.82, 2.24) is 4.98 Å². The van der Waals surface area contributed by atoms with Gasteiger partial charge in [-0.3, -0.25) is 0 Å². The lowest BCUT2D eigenvalue weighted by Gasteiger charge is -2.28. The molecule has 0 saturated carbocycles. The van der Waals surface area contributed by atoms with Gasteiger partial charge in [0.2, 0.25) is 5.01 Å². The fourth-order valence-electron chi connectivity index (χ4n) is 2.33. The fraction of sp³-hybridized carbons (Fsp3) is 0.333. The van der Waals surface area contributed by atoms with E-state index in [1.165, 1.54) is 21.9 Å². The van der Waals surface area contributed by atoms with Crippen molar-refractivity contribution in [3.8, 4) is 0 Å². The van der Waals surface area contributed by atoms with E-state index in [0.717, 1.165) is 25.2 Å². The summed E-state index contributed by atoms with van der Waals surface area (Å²) >= 11 is 1.45. The average molecular weight is 288 g/mol. The molecule has 0 spiro atoms. The van der Waals surface area contributed by atoms with Gasteiger partial charge in [-0.1, -0.05) is 18.2 Å². The molecule has 0 saturated heterocycles. The van der Waals surface area contributed by atoms with Crippen LogP contribution in [-0.2, 0) is 17.7 Å². The molecule has 2 aromatic rings. The van der Waals surface area contributed by atoms with Crippen LogP contribution in [0.5, 0.6) is 0 Å². The molecule has 0 aliphatic carbocycles. The number of para-hydroxylation sites is 1. The Hall–Kier alpha value is -1.88. The Kier molecular flexibility index (Phi) is 3.69. The molecule has 20 heavy (non-hydrogen) atoms. The summed E-state index contributed by atoms with van der Waals surface area (Å²) in [5.74, 6) is -0.307. The summed E-state index contributed by atoms with van der Waals surface area (Å²) in [6.45, 7) is 3.95. The second-order valence-corrected chi connectivity index (χ2v) is 5.70. The number of hydrogen-bond donors (Lipinski definition) is 0. The van der Waals surface area contributed by atoms with Crippen LogP contribution in [-0.4, -0.2) is 24.1 Å². The number of carbonyl (C=O) groups excluding carboxylic acids is 1. The highest BCUT2D eigenvalue weighted by Gasteiger charge is 2.23. The molecular formula is C15H16N2O2S. The number of nitrogens with zero attached hydrogens (tertiary/aromatic N) is 2. The van der Waals surface area contributed by atoms with Gasteiger partial charge in [-0.15, -0.1) is 11.3 Å². The zero-order valence-corrected chi connectivity index (χ0v) is 12.2. The monoisotopic (exact) mass is 288 g/mol. The second-order valence-electron chi connectivity index (χ2n) is 4.62. The normalized spacial score (nSPS) is 13.9. The summed E-state index contributed by atoms with van der Waals surface area (Å²) in [7, 11) is 0. The molecular weight excluding hydrogens is 272 g/mol. The van der Waals surface area contributed by atoms with Crippen molar-refractivity contribution < 1.29 is 9.53 Å². The van der Waals surface area contributed by atoms with E-state index >= 15 is 0 Å². The van der Waals surface area contributed by atoms with Gasteiger partial charge in [0.25, 0.3) is 0 Å². The second kappa shape index (κ2) is 5.63. The summed E-state index contributed by atoms with van der Waals surface area (Å²) < 4.78 is 5.01. The molecule has 1 aliphatic heterocycles. The Morgan fingerprint density at radius 2 is 2.20 bits per heavy atom. The van der Waals surface area contributed by atoms with Crippen LogP contribution < -0.4 is 4.90 Å². The van der Waals surface area contributed by atoms with Gasteiger partial charge in [-0.05, 0) is 19.1 Å². The van der Waals surface area contributed by atoms with Crippen molar-refractivity contribution in [3.05, 3.63) is 45.9 Å². The van der Waals surface area contributed by atoms with Gasteiger partial charge >= 0.3 is 5.97 Å². The third-order valence-corrected chi connectivity index (χ3v) is 4.37. The maximum Gasteiger partial charge on any atom is 0.367 e. The molecule has 104 valence electrons. The van der Waals surface area contributed by atoms with Crippen molar-refractivity contribution in [2.45, 2.75) is 19.9 Å². The van der Waals surface area contributed by atoms with Crippen LogP contribution >= 0.6 is 11.3 Å². The van der Waals surface area contributed by atoms with Gasteiger partial charge < -0.3 is 9.64 Å². The topological polar surface area (TPSA) is 42.4 Å². The summed E-state index contributed by atoms with van der Waals surface area (Å²) in [6.07, 6.45) is 0.875. The van der Waals surface area contributed by atoms with Gasteiger partial charge in [0, 0.05) is 23.5 Å². The standard InChI is InChI=1S/C15H16N2O2S/c1-2-19-15(18)14-16-12-8-9-17(10-13(12)20-14)11-6-4-3-5-7-11/h3-7H,2,8-10H2,1H3. The van der Waals surface area contributed by atoms with Crippen LogP contribution in [0.25, 0.3) is 0 Å². The van der Waals surface area contributed by atoms with E-state index in [0.29, 0.717) is 11.6 Å². The number of anilines is 1. The van der Waals surface area contributed by atoms with Crippen LogP contribution in [0, 0.1) is 0 Å². The Bertz CT molecular complexity index is 610. The van der Waals surface area contributed by atoms with Gasteiger partial charge in [0.1, 0.15) is 0 Å². The van der Waals surface area contributed by atoms with E-state index in [1.807, 2.05) is 25.1 Å². The number of aromatic nitrogens is 1. The molecule has 5 heteroatoms. The maximum absolute atomic E-state index is 11.7. The molecule has 0 bridgehead atoms. The van der Waals surface area contributed by atoms with Crippen LogP contribution in [0.1, 0.15) is 27.3 Å². The van der Waals surface area contributed by atoms with Crippen molar-refractivity contribution in [2.24, 2.45) is 0 Å². The first-order valence-electron chi connectivity index (χ1n) is 6.73. The van der Waals surface area contributed by atoms with Crippen molar-refractivity contribution in [2.75, 3.05) is 18.1 Å². The number of hydrogen-bond acceptors (Lipinski definition) is 5. The predicted molar refractivity (Wildman–Crippen MR) is 79.3 cm³/mol. The Morgan fingerprint density at radius 3 is 2.95 bits per heavy atom. The number of rotatable bonds is 3. The molecule has 0 radical (unpaired) electrons. The van der Waals surface area contributed by atoms with Gasteiger partial charge in [-0.25, -0.2) is 9.78 Å². The average Bonchev–Trinajstić information content (AvgIpc) is 2.91. The highest BCUT2D eigenvalue weighted by molar-refractivity contribution is 7.13. The summed E-state index contributed by atoms with van der Waals surface area (Å²) in [5.41, 5.74) is 2.26. The van der Waals surface area contributed by atoms with E-state index in [9.17, 15) is 4.79 Å². The summed E-state index contributed by atoms with van der Waals surface area (Å²) in [6, 6.07) is 10.3. The zero-order valence-electron chi connectivity index (χ0n) is 11.3. The number of carbonyl (C=O) groups is 1.